The molecule has 33 heavy (non-hydrogen) atoms. The Kier molecular flexibility index (Phi) is 7.38. The molecule has 0 spiro atoms. The third kappa shape index (κ3) is 4.57. The van der Waals surface area contributed by atoms with Crippen LogP contribution in [0.2, 0.25) is 0 Å². The summed E-state index contributed by atoms with van der Waals surface area (Å²) in [7, 11) is 0. The number of aliphatic hydroxyl groups is 3. The van der Waals surface area contributed by atoms with Gasteiger partial charge in [0.2, 0.25) is 0 Å². The van der Waals surface area contributed by atoms with E-state index in [1.165, 1.54) is 6.42 Å². The van der Waals surface area contributed by atoms with Gasteiger partial charge in [0.05, 0.1) is 18.8 Å². The van der Waals surface area contributed by atoms with E-state index in [1.54, 1.807) is 0 Å². The molecule has 5 unspecified atom stereocenters. The second-order valence-electron chi connectivity index (χ2n) is 13.1. The van der Waals surface area contributed by atoms with Gasteiger partial charge in [-0.05, 0) is 85.9 Å². The number of carbonyl (C=O) groups is 1. The summed E-state index contributed by atoms with van der Waals surface area (Å²) < 4.78 is 5.90. The Balaban J connectivity index is 1.57. The van der Waals surface area contributed by atoms with Gasteiger partial charge in [-0.3, -0.25) is 4.79 Å². The maximum absolute atomic E-state index is 14.0. The third-order valence-corrected chi connectivity index (χ3v) is 11.0. The summed E-state index contributed by atoms with van der Waals surface area (Å²) in [6.45, 7) is 11.8. The van der Waals surface area contributed by atoms with Gasteiger partial charge in [-0.2, -0.15) is 0 Å². The Morgan fingerprint density at radius 3 is 2.39 bits per heavy atom. The molecule has 0 radical (unpaired) electrons. The molecule has 0 aromatic rings. The SMILES string of the molecule is CC(C)[C@@H](C)CC[C@H]1CO[C@@H](O)CC2(C)C1CCC2[C@@H]1C[C@H](O)C2C[C@@H](O)CCC2(C)C1=O. The second kappa shape index (κ2) is 9.52. The standard InChI is InChI=1S/C28H48O5/c1-16(2)17(3)6-7-18-15-33-25(31)14-28(5)21(18)8-9-22(28)20-13-24(30)23-12-19(29)10-11-27(23,4)26(20)32/h16-25,29-31H,6-15H2,1-5H3/t17-,18-,19-,20-,21?,22?,23?,24-,25+,27?,28?/m0/s1. The molecule has 3 N–H and O–H groups in total. The summed E-state index contributed by atoms with van der Waals surface area (Å²) in [6, 6.07) is 0. The van der Waals surface area contributed by atoms with Crippen LogP contribution in [-0.4, -0.2) is 46.2 Å². The van der Waals surface area contributed by atoms with Crippen molar-refractivity contribution in [1.82, 2.24) is 0 Å². The van der Waals surface area contributed by atoms with Gasteiger partial charge in [0.25, 0.3) is 0 Å². The van der Waals surface area contributed by atoms with Crippen molar-refractivity contribution in [3.05, 3.63) is 0 Å². The van der Waals surface area contributed by atoms with Crippen molar-refractivity contribution in [2.24, 2.45) is 52.3 Å². The number of rotatable bonds is 5. The molecule has 0 amide bonds. The Hall–Kier alpha value is -0.490. The fraction of sp³-hybridized carbons (Fsp3) is 0.964. The van der Waals surface area contributed by atoms with E-state index in [4.69, 9.17) is 4.74 Å². The number of fused-ring (bicyclic) bond motifs is 2. The quantitative estimate of drug-likeness (QED) is 0.555. The van der Waals surface area contributed by atoms with Crippen LogP contribution in [0.4, 0.5) is 0 Å². The van der Waals surface area contributed by atoms with Gasteiger partial charge >= 0.3 is 0 Å². The van der Waals surface area contributed by atoms with E-state index < -0.39 is 23.9 Å². The van der Waals surface area contributed by atoms with Crippen molar-refractivity contribution in [3.63, 3.8) is 0 Å². The van der Waals surface area contributed by atoms with Crippen LogP contribution in [-0.2, 0) is 9.53 Å². The van der Waals surface area contributed by atoms with E-state index in [2.05, 4.69) is 27.7 Å². The van der Waals surface area contributed by atoms with Crippen LogP contribution < -0.4 is 0 Å². The first-order valence-corrected chi connectivity index (χ1v) is 13.7. The predicted octanol–water partition coefficient (Wildman–Crippen LogP) is 4.56. The number of ether oxygens (including phenoxy) is 1. The third-order valence-electron chi connectivity index (χ3n) is 11.0. The van der Waals surface area contributed by atoms with E-state index in [9.17, 15) is 20.1 Å². The summed E-state index contributed by atoms with van der Waals surface area (Å²) in [6.07, 6.45) is 5.56. The number of carbonyl (C=O) groups excluding carboxylic acids is 1. The maximum atomic E-state index is 14.0. The maximum Gasteiger partial charge on any atom is 0.155 e. The molecule has 11 atom stereocenters. The van der Waals surface area contributed by atoms with Gasteiger partial charge in [-0.25, -0.2) is 0 Å². The molecular weight excluding hydrogens is 416 g/mol. The lowest BCUT2D eigenvalue weighted by molar-refractivity contribution is -0.163. The predicted molar refractivity (Wildman–Crippen MR) is 128 cm³/mol. The lowest BCUT2D eigenvalue weighted by Gasteiger charge is -2.53. The highest BCUT2D eigenvalue weighted by molar-refractivity contribution is 5.88. The molecule has 0 aromatic carbocycles. The Labute approximate surface area is 200 Å². The second-order valence-corrected chi connectivity index (χ2v) is 13.1. The van der Waals surface area contributed by atoms with Gasteiger partial charge in [0, 0.05) is 17.8 Å². The molecule has 4 aliphatic rings. The smallest absolute Gasteiger partial charge is 0.155 e. The Morgan fingerprint density at radius 2 is 1.70 bits per heavy atom. The summed E-state index contributed by atoms with van der Waals surface area (Å²) in [5.74, 6) is 2.37. The van der Waals surface area contributed by atoms with Gasteiger partial charge in [0.1, 0.15) is 5.78 Å². The van der Waals surface area contributed by atoms with Crippen molar-refractivity contribution in [3.8, 4) is 0 Å². The summed E-state index contributed by atoms with van der Waals surface area (Å²) in [5, 5.41) is 32.0. The molecule has 5 nitrogen and oxygen atoms in total. The van der Waals surface area contributed by atoms with Crippen LogP contribution in [0.15, 0.2) is 0 Å². The number of hydrogen-bond acceptors (Lipinski definition) is 5. The summed E-state index contributed by atoms with van der Waals surface area (Å²) in [4.78, 5) is 14.0. The van der Waals surface area contributed by atoms with E-state index >= 15 is 0 Å². The molecule has 4 rings (SSSR count). The molecule has 190 valence electrons. The number of Topliss-reactive ketones (excluding diaryl/α,β-unsaturated/α-hetero) is 1. The van der Waals surface area contributed by atoms with Crippen LogP contribution in [0.5, 0.6) is 0 Å². The first-order chi connectivity index (χ1) is 15.5. The van der Waals surface area contributed by atoms with Gasteiger partial charge in [-0.15, -0.1) is 0 Å². The van der Waals surface area contributed by atoms with E-state index in [1.807, 2.05) is 6.92 Å². The lowest BCUT2D eigenvalue weighted by Crippen LogP contribution is -2.56. The summed E-state index contributed by atoms with van der Waals surface area (Å²) in [5.41, 5.74) is -0.693. The number of hydrogen-bond donors (Lipinski definition) is 3. The van der Waals surface area contributed by atoms with Crippen LogP contribution in [0.3, 0.4) is 0 Å². The van der Waals surface area contributed by atoms with Crippen molar-refractivity contribution >= 4 is 5.78 Å². The molecule has 4 fully saturated rings. The highest BCUT2D eigenvalue weighted by atomic mass is 16.6. The summed E-state index contributed by atoms with van der Waals surface area (Å²) >= 11 is 0. The zero-order valence-corrected chi connectivity index (χ0v) is 21.5. The molecule has 1 heterocycles. The Bertz CT molecular complexity index is 708. The average Bonchev–Trinajstić information content (AvgIpc) is 3.01. The topological polar surface area (TPSA) is 87.0 Å². The number of ketones is 1. The molecule has 0 aromatic heterocycles. The zero-order chi connectivity index (χ0) is 24.1. The fourth-order valence-electron chi connectivity index (χ4n) is 8.42. The van der Waals surface area contributed by atoms with Crippen LogP contribution in [0.1, 0.15) is 92.4 Å². The highest BCUT2D eigenvalue weighted by Gasteiger charge is 2.61. The van der Waals surface area contributed by atoms with Crippen LogP contribution in [0, 0.1) is 52.3 Å². The largest absolute Gasteiger partial charge is 0.393 e. The first kappa shape index (κ1) is 25.6. The molecule has 1 aliphatic heterocycles. The van der Waals surface area contributed by atoms with E-state index in [0.29, 0.717) is 68.2 Å². The van der Waals surface area contributed by atoms with Crippen molar-refractivity contribution in [1.29, 1.82) is 0 Å². The van der Waals surface area contributed by atoms with E-state index in [-0.39, 0.29) is 23.2 Å². The molecule has 0 bridgehead atoms. The Morgan fingerprint density at radius 1 is 1.00 bits per heavy atom. The monoisotopic (exact) mass is 464 g/mol. The lowest BCUT2D eigenvalue weighted by atomic mass is 9.51. The molecule has 3 aliphatic carbocycles. The average molecular weight is 465 g/mol. The van der Waals surface area contributed by atoms with Crippen LogP contribution in [0.25, 0.3) is 0 Å². The highest BCUT2D eigenvalue weighted by Crippen LogP contribution is 2.62. The molecule has 1 saturated heterocycles. The minimum Gasteiger partial charge on any atom is -0.393 e. The molecule has 3 saturated carbocycles. The van der Waals surface area contributed by atoms with E-state index in [0.717, 1.165) is 19.3 Å². The first-order valence-electron chi connectivity index (χ1n) is 13.7. The molecule has 5 heteroatoms. The van der Waals surface area contributed by atoms with Gasteiger partial charge in [0.15, 0.2) is 6.29 Å². The van der Waals surface area contributed by atoms with Crippen molar-refractivity contribution < 1.29 is 24.9 Å². The van der Waals surface area contributed by atoms with Gasteiger partial charge in [-0.1, -0.05) is 41.0 Å². The van der Waals surface area contributed by atoms with Gasteiger partial charge < -0.3 is 20.1 Å². The number of aliphatic hydroxyl groups excluding tert-OH is 3. The van der Waals surface area contributed by atoms with Crippen molar-refractivity contribution in [2.75, 3.05) is 6.61 Å². The minimum atomic E-state index is -0.776. The fourth-order valence-corrected chi connectivity index (χ4v) is 8.42. The zero-order valence-electron chi connectivity index (χ0n) is 21.5. The van der Waals surface area contributed by atoms with Crippen LogP contribution >= 0.6 is 0 Å². The minimum absolute atomic E-state index is 0.136. The van der Waals surface area contributed by atoms with Crippen molar-refractivity contribution in [2.45, 2.75) is 111 Å². The molecular formula is C28H48O5. The normalized spacial score (nSPS) is 49.4.